The molecule has 0 fully saturated rings. The maximum atomic E-state index is 12.8. The van der Waals surface area contributed by atoms with Crippen molar-refractivity contribution in [3.05, 3.63) is 63.1 Å². The van der Waals surface area contributed by atoms with Crippen molar-refractivity contribution in [2.75, 3.05) is 5.32 Å². The van der Waals surface area contributed by atoms with Gasteiger partial charge in [0.05, 0.1) is 5.69 Å². The maximum absolute atomic E-state index is 12.8. The van der Waals surface area contributed by atoms with E-state index in [2.05, 4.69) is 15.3 Å². The lowest BCUT2D eigenvalue weighted by Gasteiger charge is -2.19. The van der Waals surface area contributed by atoms with Crippen molar-refractivity contribution in [1.29, 1.82) is 0 Å². The molecule has 3 rings (SSSR count). The van der Waals surface area contributed by atoms with Crippen molar-refractivity contribution in [2.24, 2.45) is 0 Å². The Labute approximate surface area is 161 Å². The molecule has 0 radical (unpaired) electrons. The lowest BCUT2D eigenvalue weighted by molar-refractivity contribution is -0.119. The first-order chi connectivity index (χ1) is 12.9. The SMILES string of the molecule is CCC(C(=O)Nc1nc(-c2ccc(C)cc2)cs1)n1c(C)cc(C)nc1=O. The van der Waals surface area contributed by atoms with Crippen LogP contribution in [0.25, 0.3) is 11.3 Å². The number of anilines is 1. The molecule has 27 heavy (non-hydrogen) atoms. The predicted molar refractivity (Wildman–Crippen MR) is 108 cm³/mol. The number of benzene rings is 1. The van der Waals surface area contributed by atoms with Gasteiger partial charge in [0.15, 0.2) is 5.13 Å². The number of nitrogens with zero attached hydrogens (tertiary/aromatic N) is 3. The third kappa shape index (κ3) is 4.14. The van der Waals surface area contributed by atoms with E-state index in [0.29, 0.717) is 22.9 Å². The van der Waals surface area contributed by atoms with E-state index >= 15 is 0 Å². The Kier molecular flexibility index (Phi) is 5.51. The molecule has 0 saturated carbocycles. The van der Waals surface area contributed by atoms with Crippen LogP contribution in [0.5, 0.6) is 0 Å². The van der Waals surface area contributed by atoms with E-state index in [1.165, 1.54) is 21.5 Å². The number of thiazole rings is 1. The molecule has 6 nitrogen and oxygen atoms in total. The van der Waals surface area contributed by atoms with Gasteiger partial charge in [-0.15, -0.1) is 11.3 Å². The summed E-state index contributed by atoms with van der Waals surface area (Å²) in [5.41, 5.74) is 3.95. The molecule has 0 aliphatic heterocycles. The number of carbonyl (C=O) groups is 1. The standard InChI is InChI=1S/C20H22N4O2S/c1-5-17(24-14(4)10-13(3)21-20(24)26)18(25)23-19-22-16(11-27-19)15-8-6-12(2)7-9-15/h6-11,17H,5H2,1-4H3,(H,22,23,25). The summed E-state index contributed by atoms with van der Waals surface area (Å²) >= 11 is 1.36. The van der Waals surface area contributed by atoms with Gasteiger partial charge in [0.25, 0.3) is 0 Å². The highest BCUT2D eigenvalue weighted by molar-refractivity contribution is 7.14. The third-order valence-corrected chi connectivity index (χ3v) is 5.12. The Morgan fingerprint density at radius 3 is 2.52 bits per heavy atom. The van der Waals surface area contributed by atoms with Crippen molar-refractivity contribution >= 4 is 22.4 Å². The first-order valence-electron chi connectivity index (χ1n) is 8.79. The van der Waals surface area contributed by atoms with Gasteiger partial charge in [0.1, 0.15) is 6.04 Å². The molecule has 0 saturated heterocycles. The highest BCUT2D eigenvalue weighted by Crippen LogP contribution is 2.26. The van der Waals surface area contributed by atoms with E-state index in [1.807, 2.05) is 50.4 Å². The van der Waals surface area contributed by atoms with E-state index in [4.69, 9.17) is 0 Å². The van der Waals surface area contributed by atoms with Crippen LogP contribution in [-0.2, 0) is 4.79 Å². The quantitative estimate of drug-likeness (QED) is 0.726. The second-order valence-corrected chi connectivity index (χ2v) is 7.37. The number of aryl methyl sites for hydroxylation is 3. The van der Waals surface area contributed by atoms with Gasteiger partial charge in [-0.25, -0.2) is 9.78 Å². The molecule has 1 aromatic carbocycles. The van der Waals surface area contributed by atoms with Crippen molar-refractivity contribution in [1.82, 2.24) is 14.5 Å². The fourth-order valence-corrected chi connectivity index (χ4v) is 3.72. The number of nitrogens with one attached hydrogen (secondary N) is 1. The highest BCUT2D eigenvalue weighted by Gasteiger charge is 2.23. The van der Waals surface area contributed by atoms with Crippen molar-refractivity contribution in [3.8, 4) is 11.3 Å². The number of aromatic nitrogens is 3. The number of hydrogen-bond donors (Lipinski definition) is 1. The zero-order valence-corrected chi connectivity index (χ0v) is 16.6. The summed E-state index contributed by atoms with van der Waals surface area (Å²) in [6.45, 7) is 7.48. The summed E-state index contributed by atoms with van der Waals surface area (Å²) in [4.78, 5) is 33.5. The average molecular weight is 382 g/mol. The third-order valence-electron chi connectivity index (χ3n) is 4.36. The largest absolute Gasteiger partial charge is 0.348 e. The lowest BCUT2D eigenvalue weighted by atomic mass is 10.1. The molecular weight excluding hydrogens is 360 g/mol. The molecule has 0 aliphatic rings. The topological polar surface area (TPSA) is 76.9 Å². The molecule has 1 atom stereocenters. The monoisotopic (exact) mass is 382 g/mol. The Morgan fingerprint density at radius 1 is 1.19 bits per heavy atom. The molecule has 140 valence electrons. The summed E-state index contributed by atoms with van der Waals surface area (Å²) < 4.78 is 1.44. The van der Waals surface area contributed by atoms with Crippen LogP contribution in [0.3, 0.4) is 0 Å². The molecular formula is C20H22N4O2S. The molecule has 3 aromatic rings. The van der Waals surface area contributed by atoms with Crippen LogP contribution in [0.2, 0.25) is 0 Å². The molecule has 0 aliphatic carbocycles. The van der Waals surface area contributed by atoms with E-state index in [1.54, 1.807) is 13.0 Å². The molecule has 2 aromatic heterocycles. The van der Waals surface area contributed by atoms with Gasteiger partial charge in [-0.1, -0.05) is 36.8 Å². The van der Waals surface area contributed by atoms with Gasteiger partial charge < -0.3 is 5.32 Å². The van der Waals surface area contributed by atoms with E-state index in [9.17, 15) is 9.59 Å². The molecule has 1 amide bonds. The predicted octanol–water partition coefficient (Wildman–Crippen LogP) is 3.88. The highest BCUT2D eigenvalue weighted by atomic mass is 32.1. The van der Waals surface area contributed by atoms with Gasteiger partial charge >= 0.3 is 5.69 Å². The summed E-state index contributed by atoms with van der Waals surface area (Å²) in [7, 11) is 0. The van der Waals surface area contributed by atoms with E-state index in [-0.39, 0.29) is 5.91 Å². The summed E-state index contributed by atoms with van der Waals surface area (Å²) in [6.07, 6.45) is 0.480. The summed E-state index contributed by atoms with van der Waals surface area (Å²) in [5.74, 6) is -0.266. The Hall–Kier alpha value is -2.80. The Morgan fingerprint density at radius 2 is 1.89 bits per heavy atom. The van der Waals surface area contributed by atoms with Crippen molar-refractivity contribution < 1.29 is 4.79 Å². The zero-order chi connectivity index (χ0) is 19.6. The van der Waals surface area contributed by atoms with Gasteiger partial charge in [-0.2, -0.15) is 4.98 Å². The Bertz CT molecular complexity index is 1020. The zero-order valence-electron chi connectivity index (χ0n) is 15.8. The second kappa shape index (κ2) is 7.84. The van der Waals surface area contributed by atoms with Gasteiger partial charge in [-0.05, 0) is 33.3 Å². The van der Waals surface area contributed by atoms with Crippen LogP contribution >= 0.6 is 11.3 Å². The van der Waals surface area contributed by atoms with Crippen molar-refractivity contribution in [2.45, 2.75) is 40.2 Å². The molecule has 1 unspecified atom stereocenters. The Balaban J connectivity index is 1.82. The number of amides is 1. The first kappa shape index (κ1) is 19.0. The fourth-order valence-electron chi connectivity index (χ4n) is 3.00. The minimum Gasteiger partial charge on any atom is -0.300 e. The van der Waals surface area contributed by atoms with E-state index in [0.717, 1.165) is 11.3 Å². The first-order valence-corrected chi connectivity index (χ1v) is 9.67. The molecule has 7 heteroatoms. The maximum Gasteiger partial charge on any atom is 0.348 e. The molecule has 0 spiro atoms. The normalized spacial score (nSPS) is 12.0. The fraction of sp³-hybridized carbons (Fsp3) is 0.300. The molecule has 2 heterocycles. The van der Waals surface area contributed by atoms with Crippen LogP contribution in [0.4, 0.5) is 5.13 Å². The van der Waals surface area contributed by atoms with Crippen LogP contribution < -0.4 is 11.0 Å². The van der Waals surface area contributed by atoms with Gasteiger partial charge in [0, 0.05) is 22.3 Å². The summed E-state index contributed by atoms with van der Waals surface area (Å²) in [6, 6.07) is 9.24. The molecule has 0 bridgehead atoms. The van der Waals surface area contributed by atoms with Crippen LogP contribution in [0, 0.1) is 20.8 Å². The van der Waals surface area contributed by atoms with Crippen LogP contribution in [0.1, 0.15) is 36.3 Å². The molecule has 1 N–H and O–H groups in total. The average Bonchev–Trinajstić information content (AvgIpc) is 3.06. The minimum atomic E-state index is -0.627. The summed E-state index contributed by atoms with van der Waals surface area (Å²) in [5, 5.41) is 5.27. The van der Waals surface area contributed by atoms with Crippen molar-refractivity contribution in [3.63, 3.8) is 0 Å². The number of rotatable bonds is 5. The smallest absolute Gasteiger partial charge is 0.300 e. The second-order valence-electron chi connectivity index (χ2n) is 6.51. The number of hydrogen-bond acceptors (Lipinski definition) is 5. The van der Waals surface area contributed by atoms with Gasteiger partial charge in [0.2, 0.25) is 5.91 Å². The minimum absolute atomic E-state index is 0.266. The van der Waals surface area contributed by atoms with Gasteiger partial charge in [-0.3, -0.25) is 9.36 Å². The lowest BCUT2D eigenvalue weighted by Crippen LogP contribution is -2.36. The number of carbonyl (C=O) groups excluding carboxylic acids is 1. The van der Waals surface area contributed by atoms with E-state index < -0.39 is 11.7 Å². The van der Waals surface area contributed by atoms with Crippen LogP contribution in [0.15, 0.2) is 40.5 Å². The van der Waals surface area contributed by atoms with Crippen LogP contribution in [-0.4, -0.2) is 20.4 Å².